The summed E-state index contributed by atoms with van der Waals surface area (Å²) in [5.74, 6) is 1.46. The van der Waals surface area contributed by atoms with Gasteiger partial charge >= 0.3 is 0 Å². The number of aromatic nitrogens is 2. The summed E-state index contributed by atoms with van der Waals surface area (Å²) in [5.41, 5.74) is 1.95. The number of fused-ring (bicyclic) bond motifs is 1. The molecule has 0 aliphatic rings. The van der Waals surface area contributed by atoms with Gasteiger partial charge in [-0.1, -0.05) is 41.4 Å². The molecule has 80 valence electrons. The van der Waals surface area contributed by atoms with Crippen molar-refractivity contribution in [3.8, 4) is 0 Å². The van der Waals surface area contributed by atoms with Crippen LogP contribution < -0.4 is 0 Å². The van der Waals surface area contributed by atoms with Crippen LogP contribution in [0.1, 0.15) is 25.6 Å². The number of halogens is 2. The molecule has 2 rings (SSSR count). The second-order valence-electron chi connectivity index (χ2n) is 3.94. The predicted octanol–water partition coefficient (Wildman–Crippen LogP) is 4.11. The van der Waals surface area contributed by atoms with Crippen molar-refractivity contribution < 1.29 is 0 Å². The van der Waals surface area contributed by atoms with Crippen molar-refractivity contribution in [1.29, 1.82) is 0 Å². The van der Waals surface area contributed by atoms with Gasteiger partial charge in [0.1, 0.15) is 11.3 Å². The van der Waals surface area contributed by atoms with E-state index in [1.165, 1.54) is 0 Å². The first-order valence-corrected chi connectivity index (χ1v) is 5.99. The van der Waals surface area contributed by atoms with Gasteiger partial charge < -0.3 is 4.57 Å². The maximum atomic E-state index is 6.15. The minimum Gasteiger partial charge on any atom is -0.331 e. The average molecular weight is 288 g/mol. The molecule has 1 aromatic heterocycles. The molecule has 0 N–H and O–H groups in total. The number of hydrogen-bond donors (Lipinski definition) is 0. The summed E-state index contributed by atoms with van der Waals surface area (Å²) in [6, 6.07) is 3.92. The van der Waals surface area contributed by atoms with E-state index in [0.29, 0.717) is 10.9 Å². The van der Waals surface area contributed by atoms with Gasteiger partial charge in [-0.25, -0.2) is 4.98 Å². The molecule has 15 heavy (non-hydrogen) atoms. The monoisotopic (exact) mass is 286 g/mol. The highest BCUT2D eigenvalue weighted by Crippen LogP contribution is 2.29. The Kier molecular flexibility index (Phi) is 2.77. The first kappa shape index (κ1) is 11.0. The van der Waals surface area contributed by atoms with Crippen LogP contribution in [-0.4, -0.2) is 9.55 Å². The van der Waals surface area contributed by atoms with Crippen LogP contribution in [0.5, 0.6) is 0 Å². The molecule has 0 amide bonds. The van der Waals surface area contributed by atoms with E-state index in [2.05, 4.69) is 39.3 Å². The molecule has 0 bridgehead atoms. The van der Waals surface area contributed by atoms with E-state index in [9.17, 15) is 0 Å². The molecule has 4 heteroatoms. The maximum absolute atomic E-state index is 6.15. The van der Waals surface area contributed by atoms with Gasteiger partial charge in [-0.2, -0.15) is 0 Å². The molecule has 0 saturated heterocycles. The summed E-state index contributed by atoms with van der Waals surface area (Å²) in [6.45, 7) is 4.26. The Balaban J connectivity index is 2.82. The van der Waals surface area contributed by atoms with Crippen molar-refractivity contribution in [2.45, 2.75) is 19.8 Å². The molecule has 1 aromatic carbocycles. The Labute approximate surface area is 102 Å². The Morgan fingerprint density at radius 3 is 2.67 bits per heavy atom. The lowest BCUT2D eigenvalue weighted by atomic mass is 10.2. The van der Waals surface area contributed by atoms with Crippen LogP contribution in [0.25, 0.3) is 11.0 Å². The molecule has 0 spiro atoms. The lowest BCUT2D eigenvalue weighted by molar-refractivity contribution is 0.722. The fourth-order valence-corrected chi connectivity index (χ4v) is 2.58. The fraction of sp³-hybridized carbons (Fsp3) is 0.364. The van der Waals surface area contributed by atoms with E-state index in [1.54, 1.807) is 0 Å². The first-order valence-electron chi connectivity index (χ1n) is 4.82. The van der Waals surface area contributed by atoms with E-state index in [4.69, 9.17) is 11.6 Å². The van der Waals surface area contributed by atoms with Crippen LogP contribution in [-0.2, 0) is 7.05 Å². The summed E-state index contributed by atoms with van der Waals surface area (Å²) in [5, 5.41) is 0.696. The molecule has 0 saturated carbocycles. The van der Waals surface area contributed by atoms with Crippen LogP contribution >= 0.6 is 27.5 Å². The number of hydrogen-bond acceptors (Lipinski definition) is 1. The van der Waals surface area contributed by atoms with Gasteiger partial charge in [0.15, 0.2) is 0 Å². The quantitative estimate of drug-likeness (QED) is 0.772. The van der Waals surface area contributed by atoms with E-state index in [0.717, 1.165) is 21.3 Å². The Bertz CT molecular complexity index is 517. The Hall–Kier alpha value is -0.540. The Morgan fingerprint density at radius 1 is 1.40 bits per heavy atom. The second-order valence-corrected chi connectivity index (χ2v) is 5.26. The van der Waals surface area contributed by atoms with Gasteiger partial charge in [-0.15, -0.1) is 0 Å². The summed E-state index contributed by atoms with van der Waals surface area (Å²) >= 11 is 9.58. The van der Waals surface area contributed by atoms with Crippen molar-refractivity contribution in [3.63, 3.8) is 0 Å². The minimum atomic E-state index is 0.400. The topological polar surface area (TPSA) is 17.8 Å². The lowest BCUT2D eigenvalue weighted by Gasteiger charge is -2.04. The summed E-state index contributed by atoms with van der Waals surface area (Å²) in [4.78, 5) is 4.56. The fourth-order valence-electron chi connectivity index (χ4n) is 1.75. The third kappa shape index (κ3) is 1.79. The third-order valence-electron chi connectivity index (χ3n) is 2.46. The highest BCUT2D eigenvalue weighted by Gasteiger charge is 2.13. The number of benzene rings is 1. The minimum absolute atomic E-state index is 0.400. The molecule has 0 fully saturated rings. The largest absolute Gasteiger partial charge is 0.331 e. The third-order valence-corrected chi connectivity index (χ3v) is 3.20. The van der Waals surface area contributed by atoms with Crippen LogP contribution in [0.3, 0.4) is 0 Å². The van der Waals surface area contributed by atoms with E-state index >= 15 is 0 Å². The maximum Gasteiger partial charge on any atom is 0.112 e. The van der Waals surface area contributed by atoms with Crippen molar-refractivity contribution in [1.82, 2.24) is 9.55 Å². The predicted molar refractivity (Wildman–Crippen MR) is 67.5 cm³/mol. The highest BCUT2D eigenvalue weighted by molar-refractivity contribution is 9.10. The molecule has 0 radical (unpaired) electrons. The van der Waals surface area contributed by atoms with Gasteiger partial charge in [0, 0.05) is 17.4 Å². The molecule has 0 aliphatic carbocycles. The smallest absolute Gasteiger partial charge is 0.112 e. The normalized spacial score (nSPS) is 11.6. The van der Waals surface area contributed by atoms with Gasteiger partial charge in [-0.05, 0) is 12.1 Å². The van der Waals surface area contributed by atoms with Crippen LogP contribution in [0.15, 0.2) is 16.6 Å². The zero-order valence-electron chi connectivity index (χ0n) is 8.88. The van der Waals surface area contributed by atoms with Crippen LogP contribution in [0, 0.1) is 0 Å². The van der Waals surface area contributed by atoms with Crippen molar-refractivity contribution >= 4 is 38.6 Å². The molecule has 0 aliphatic heterocycles. The standard InChI is InChI=1S/C11H12BrClN2/c1-6(2)11-14-10-8(13)4-7(12)5-9(10)15(11)3/h4-6H,1-3H3. The molecular weight excluding hydrogens is 275 g/mol. The molecule has 0 atom stereocenters. The van der Waals surface area contributed by atoms with E-state index in [1.807, 2.05) is 19.2 Å². The van der Waals surface area contributed by atoms with Crippen LogP contribution in [0.2, 0.25) is 5.02 Å². The van der Waals surface area contributed by atoms with E-state index in [-0.39, 0.29) is 0 Å². The van der Waals surface area contributed by atoms with Gasteiger partial charge in [0.25, 0.3) is 0 Å². The number of rotatable bonds is 1. The van der Waals surface area contributed by atoms with E-state index < -0.39 is 0 Å². The molecule has 0 unspecified atom stereocenters. The SMILES string of the molecule is CC(C)c1nc2c(Cl)cc(Br)cc2n1C. The number of imidazole rings is 1. The molecule has 1 heterocycles. The summed E-state index contributed by atoms with van der Waals surface area (Å²) in [7, 11) is 2.02. The zero-order chi connectivity index (χ0) is 11.2. The summed E-state index contributed by atoms with van der Waals surface area (Å²) in [6.07, 6.45) is 0. The number of aryl methyl sites for hydroxylation is 1. The van der Waals surface area contributed by atoms with Crippen molar-refractivity contribution in [2.75, 3.05) is 0 Å². The first-order chi connectivity index (χ1) is 7.00. The Morgan fingerprint density at radius 2 is 2.07 bits per heavy atom. The second kappa shape index (κ2) is 3.80. The average Bonchev–Trinajstić information content (AvgIpc) is 2.44. The number of nitrogens with zero attached hydrogens (tertiary/aromatic N) is 2. The van der Waals surface area contributed by atoms with Gasteiger partial charge in [0.05, 0.1) is 10.5 Å². The van der Waals surface area contributed by atoms with Crippen LogP contribution in [0.4, 0.5) is 0 Å². The zero-order valence-corrected chi connectivity index (χ0v) is 11.2. The van der Waals surface area contributed by atoms with Crippen molar-refractivity contribution in [2.24, 2.45) is 7.05 Å². The van der Waals surface area contributed by atoms with Crippen molar-refractivity contribution in [3.05, 3.63) is 27.5 Å². The highest BCUT2D eigenvalue weighted by atomic mass is 79.9. The molecule has 2 aromatic rings. The van der Waals surface area contributed by atoms with Gasteiger partial charge in [0.2, 0.25) is 0 Å². The lowest BCUT2D eigenvalue weighted by Crippen LogP contribution is -1.99. The molecular formula is C11H12BrClN2. The molecule has 2 nitrogen and oxygen atoms in total. The van der Waals surface area contributed by atoms with Gasteiger partial charge in [-0.3, -0.25) is 0 Å². The summed E-state index contributed by atoms with van der Waals surface area (Å²) < 4.78 is 3.08.